The summed E-state index contributed by atoms with van der Waals surface area (Å²) in [4.78, 5) is 24.9. The molecule has 4 bridgehead atoms. The fourth-order valence-corrected chi connectivity index (χ4v) is 7.40. The van der Waals surface area contributed by atoms with Crippen LogP contribution < -0.4 is 5.32 Å². The molecule has 0 amide bonds. The van der Waals surface area contributed by atoms with Crippen LogP contribution >= 0.6 is 11.8 Å². The number of methoxy groups -OCH3 is 1. The SMILES string of the molecule is COC(=O)C1CC2CC3CN(Cc4ccc5c(c4)Nc4nccnc4S5)CC(C2)C31. The highest BCUT2D eigenvalue weighted by atomic mass is 32.2. The summed E-state index contributed by atoms with van der Waals surface area (Å²) in [5.41, 5.74) is 2.44. The predicted molar refractivity (Wildman–Crippen MR) is 114 cm³/mol. The number of hydrogen-bond acceptors (Lipinski definition) is 7. The third-order valence-electron chi connectivity index (χ3n) is 7.48. The number of aromatic nitrogens is 2. The molecule has 7 heteroatoms. The van der Waals surface area contributed by atoms with Crippen molar-refractivity contribution in [1.82, 2.24) is 14.9 Å². The number of ether oxygens (including phenoxy) is 1. The van der Waals surface area contributed by atoms with E-state index < -0.39 is 0 Å². The van der Waals surface area contributed by atoms with Crippen molar-refractivity contribution in [1.29, 1.82) is 0 Å². The van der Waals surface area contributed by atoms with Crippen LogP contribution in [-0.2, 0) is 16.1 Å². The summed E-state index contributed by atoms with van der Waals surface area (Å²) in [6, 6.07) is 6.69. The van der Waals surface area contributed by atoms with Crippen molar-refractivity contribution in [3.63, 3.8) is 0 Å². The predicted octanol–water partition coefficient (Wildman–Crippen LogP) is 3.95. The third kappa shape index (κ3) is 3.10. The summed E-state index contributed by atoms with van der Waals surface area (Å²) in [6.45, 7) is 3.15. The van der Waals surface area contributed by atoms with E-state index in [0.717, 1.165) is 42.6 Å². The quantitative estimate of drug-likeness (QED) is 0.641. The van der Waals surface area contributed by atoms with Crippen LogP contribution in [0.2, 0.25) is 0 Å². The zero-order valence-electron chi connectivity index (χ0n) is 17.1. The fourth-order valence-electron chi connectivity index (χ4n) is 6.52. The lowest BCUT2D eigenvalue weighted by atomic mass is 9.53. The molecule has 0 spiro atoms. The number of carbonyl (C=O) groups is 1. The first-order valence-corrected chi connectivity index (χ1v) is 11.7. The molecule has 2 aromatic rings. The Morgan fingerprint density at radius 1 is 1.20 bits per heavy atom. The molecule has 3 aliphatic carbocycles. The van der Waals surface area contributed by atoms with E-state index >= 15 is 0 Å². The van der Waals surface area contributed by atoms with E-state index in [4.69, 9.17) is 4.74 Å². The van der Waals surface area contributed by atoms with Gasteiger partial charge in [-0.1, -0.05) is 17.8 Å². The molecule has 3 atom stereocenters. The average molecular weight is 423 g/mol. The summed E-state index contributed by atoms with van der Waals surface area (Å²) >= 11 is 1.67. The van der Waals surface area contributed by atoms with Crippen LogP contribution in [0.5, 0.6) is 0 Å². The Morgan fingerprint density at radius 3 is 2.80 bits per heavy atom. The van der Waals surface area contributed by atoms with Gasteiger partial charge in [0.2, 0.25) is 0 Å². The molecule has 3 saturated carbocycles. The normalized spacial score (nSPS) is 31.4. The first-order valence-electron chi connectivity index (χ1n) is 10.9. The van der Waals surface area contributed by atoms with Crippen LogP contribution in [0, 0.1) is 29.6 Å². The maximum Gasteiger partial charge on any atom is 0.308 e. The van der Waals surface area contributed by atoms with Gasteiger partial charge in [-0.05, 0) is 60.6 Å². The molecule has 2 aliphatic heterocycles. The van der Waals surface area contributed by atoms with Gasteiger partial charge in [-0.15, -0.1) is 0 Å². The van der Waals surface area contributed by atoms with Crippen LogP contribution in [0.25, 0.3) is 0 Å². The molecular formula is C23H26N4O2S. The second kappa shape index (κ2) is 7.24. The number of likely N-dealkylation sites (tertiary alicyclic amines) is 1. The summed E-state index contributed by atoms with van der Waals surface area (Å²) < 4.78 is 5.14. The highest BCUT2D eigenvalue weighted by molar-refractivity contribution is 7.99. The number of nitrogens with zero attached hydrogens (tertiary/aromatic N) is 3. The molecule has 1 aromatic heterocycles. The zero-order valence-corrected chi connectivity index (χ0v) is 17.9. The summed E-state index contributed by atoms with van der Waals surface area (Å²) in [5.74, 6) is 3.49. The standard InChI is InChI=1S/C23H26N4O2S/c1-29-23(28)17-8-14-6-15-11-27(12-16(7-14)20(15)17)10-13-2-3-19-18(9-13)26-21-22(30-19)25-5-4-24-21/h2-5,9,14-17,20H,6-8,10-12H2,1H3,(H,24,26). The van der Waals surface area contributed by atoms with Crippen molar-refractivity contribution in [2.24, 2.45) is 29.6 Å². The number of fused-ring (bicyclic) bond motifs is 3. The minimum atomic E-state index is 0.0227. The van der Waals surface area contributed by atoms with Gasteiger partial charge in [0.1, 0.15) is 5.03 Å². The molecule has 3 unspecified atom stereocenters. The molecule has 1 aromatic carbocycles. The highest BCUT2D eigenvalue weighted by Crippen LogP contribution is 2.54. The molecule has 4 fully saturated rings. The summed E-state index contributed by atoms with van der Waals surface area (Å²) in [5, 5.41) is 4.37. The Labute approximate surface area is 180 Å². The molecule has 7 rings (SSSR count). The monoisotopic (exact) mass is 422 g/mol. The van der Waals surface area contributed by atoms with Crippen molar-refractivity contribution < 1.29 is 9.53 Å². The Balaban J connectivity index is 1.17. The number of esters is 1. The molecule has 30 heavy (non-hydrogen) atoms. The molecule has 156 valence electrons. The van der Waals surface area contributed by atoms with Crippen molar-refractivity contribution in [2.75, 3.05) is 25.5 Å². The summed E-state index contributed by atoms with van der Waals surface area (Å²) in [7, 11) is 1.54. The number of carbonyl (C=O) groups excluding carboxylic acids is 1. The molecular weight excluding hydrogens is 396 g/mol. The Morgan fingerprint density at radius 2 is 2.00 bits per heavy atom. The lowest BCUT2D eigenvalue weighted by Gasteiger charge is -2.56. The van der Waals surface area contributed by atoms with Crippen molar-refractivity contribution in [3.8, 4) is 0 Å². The number of anilines is 2. The van der Waals surface area contributed by atoms with Crippen molar-refractivity contribution >= 4 is 29.2 Å². The molecule has 5 aliphatic rings. The van der Waals surface area contributed by atoms with E-state index in [2.05, 4.69) is 38.4 Å². The van der Waals surface area contributed by atoms with Gasteiger partial charge in [0.15, 0.2) is 5.82 Å². The lowest BCUT2D eigenvalue weighted by molar-refractivity contribution is -0.161. The number of hydrogen-bond donors (Lipinski definition) is 1. The first-order chi connectivity index (χ1) is 14.7. The van der Waals surface area contributed by atoms with E-state index in [1.165, 1.54) is 23.3 Å². The maximum absolute atomic E-state index is 12.3. The maximum atomic E-state index is 12.3. The number of nitrogens with one attached hydrogen (secondary N) is 1. The molecule has 1 saturated heterocycles. The van der Waals surface area contributed by atoms with Gasteiger partial charge in [-0.3, -0.25) is 9.69 Å². The topological polar surface area (TPSA) is 67.3 Å². The van der Waals surface area contributed by atoms with Gasteiger partial charge in [-0.25, -0.2) is 9.97 Å². The van der Waals surface area contributed by atoms with E-state index in [9.17, 15) is 4.79 Å². The van der Waals surface area contributed by atoms with Crippen LogP contribution in [-0.4, -0.2) is 41.0 Å². The number of benzene rings is 1. The fraction of sp³-hybridized carbons (Fsp3) is 0.522. The van der Waals surface area contributed by atoms with E-state index in [-0.39, 0.29) is 11.9 Å². The van der Waals surface area contributed by atoms with Gasteiger partial charge in [0.25, 0.3) is 0 Å². The minimum absolute atomic E-state index is 0.0227. The van der Waals surface area contributed by atoms with Crippen LogP contribution in [0.4, 0.5) is 11.5 Å². The molecule has 3 heterocycles. The minimum Gasteiger partial charge on any atom is -0.469 e. The Bertz CT molecular complexity index is 983. The van der Waals surface area contributed by atoms with Gasteiger partial charge >= 0.3 is 5.97 Å². The highest BCUT2D eigenvalue weighted by Gasteiger charge is 2.53. The Hall–Kier alpha value is -2.12. The van der Waals surface area contributed by atoms with E-state index in [0.29, 0.717) is 23.7 Å². The smallest absolute Gasteiger partial charge is 0.308 e. The van der Waals surface area contributed by atoms with Gasteiger partial charge in [0, 0.05) is 36.9 Å². The summed E-state index contributed by atoms with van der Waals surface area (Å²) in [6.07, 6.45) is 7.06. The van der Waals surface area contributed by atoms with Gasteiger partial charge < -0.3 is 10.1 Å². The Kier molecular flexibility index (Phi) is 4.49. The van der Waals surface area contributed by atoms with Crippen LogP contribution in [0.1, 0.15) is 24.8 Å². The van der Waals surface area contributed by atoms with Crippen molar-refractivity contribution in [3.05, 3.63) is 36.2 Å². The molecule has 0 radical (unpaired) electrons. The number of rotatable bonds is 3. The molecule has 6 nitrogen and oxygen atoms in total. The largest absolute Gasteiger partial charge is 0.469 e. The van der Waals surface area contributed by atoms with E-state index in [1.54, 1.807) is 31.3 Å². The first kappa shape index (κ1) is 18.6. The van der Waals surface area contributed by atoms with E-state index in [1.807, 2.05) is 0 Å². The average Bonchev–Trinajstić information content (AvgIpc) is 2.76. The second-order valence-corrected chi connectivity index (χ2v) is 10.3. The third-order valence-corrected chi connectivity index (χ3v) is 8.54. The van der Waals surface area contributed by atoms with Crippen molar-refractivity contribution in [2.45, 2.75) is 35.7 Å². The zero-order chi connectivity index (χ0) is 20.2. The lowest BCUT2D eigenvalue weighted by Crippen LogP contribution is -2.57. The molecule has 1 N–H and O–H groups in total. The van der Waals surface area contributed by atoms with Gasteiger partial charge in [-0.2, -0.15) is 0 Å². The van der Waals surface area contributed by atoms with Gasteiger partial charge in [0.05, 0.1) is 18.7 Å². The van der Waals surface area contributed by atoms with Crippen LogP contribution in [0.3, 0.4) is 0 Å². The van der Waals surface area contributed by atoms with Crippen LogP contribution in [0.15, 0.2) is 40.5 Å². The number of piperidine rings is 1. The second-order valence-electron chi connectivity index (χ2n) is 9.26.